The molecule has 8 nitrogen and oxygen atoms in total. The van der Waals surface area contributed by atoms with Crippen LogP contribution in [0.1, 0.15) is 19.5 Å². The van der Waals surface area contributed by atoms with E-state index in [-0.39, 0.29) is 28.2 Å². The van der Waals surface area contributed by atoms with Gasteiger partial charge in [-0.1, -0.05) is 11.8 Å². The molecule has 0 saturated carbocycles. The van der Waals surface area contributed by atoms with Crippen molar-refractivity contribution in [3.8, 4) is 0 Å². The molecule has 0 radical (unpaired) electrons. The Hall–Kier alpha value is -2.68. The fourth-order valence-corrected chi connectivity index (χ4v) is 2.48. The number of hydrogen-bond acceptors (Lipinski definition) is 6. The lowest BCUT2D eigenvalue weighted by Crippen LogP contribution is -2.23. The van der Waals surface area contributed by atoms with E-state index in [1.165, 1.54) is 6.92 Å². The molecule has 0 spiro atoms. The molecule has 0 aliphatic heterocycles. The van der Waals surface area contributed by atoms with E-state index < -0.39 is 5.25 Å². The molecule has 126 valence electrons. The zero-order valence-corrected chi connectivity index (χ0v) is 14.2. The first-order valence-electron chi connectivity index (χ1n) is 7.14. The van der Waals surface area contributed by atoms with E-state index in [0.717, 1.165) is 11.8 Å². The largest absolute Gasteiger partial charge is 0.326 e. The quantitative estimate of drug-likeness (QED) is 0.707. The number of hydrogen-bond donors (Lipinski definition) is 3. The Bertz CT molecular complexity index is 804. The van der Waals surface area contributed by atoms with Crippen molar-refractivity contribution in [3.05, 3.63) is 40.3 Å². The summed E-state index contributed by atoms with van der Waals surface area (Å²) in [5, 5.41) is 12.8. The molecule has 2 rings (SSSR count). The number of thioether (sulfide) groups is 1. The number of rotatable bonds is 5. The van der Waals surface area contributed by atoms with Crippen LogP contribution in [0.25, 0.3) is 0 Å². The van der Waals surface area contributed by atoms with Gasteiger partial charge in [0.1, 0.15) is 5.69 Å². The second-order valence-electron chi connectivity index (χ2n) is 5.05. The third-order valence-corrected chi connectivity index (χ3v) is 3.94. The van der Waals surface area contributed by atoms with Gasteiger partial charge in [-0.3, -0.25) is 19.4 Å². The zero-order chi connectivity index (χ0) is 17.7. The molecule has 0 fully saturated rings. The van der Waals surface area contributed by atoms with Crippen molar-refractivity contribution in [3.63, 3.8) is 0 Å². The van der Waals surface area contributed by atoms with Crippen molar-refractivity contribution < 1.29 is 9.59 Å². The number of H-pyrrole nitrogens is 1. The molecule has 0 aliphatic rings. The number of nitrogens with one attached hydrogen (secondary N) is 3. The minimum atomic E-state index is -0.479. The summed E-state index contributed by atoms with van der Waals surface area (Å²) in [6, 6.07) is 6.76. The normalized spacial score (nSPS) is 11.6. The van der Waals surface area contributed by atoms with Crippen LogP contribution in [0, 0.1) is 6.92 Å². The lowest BCUT2D eigenvalue weighted by atomic mass is 10.2. The number of nitrogens with zero attached hydrogens (tertiary/aromatic N) is 2. The van der Waals surface area contributed by atoms with Crippen molar-refractivity contribution in [1.29, 1.82) is 0 Å². The first-order valence-corrected chi connectivity index (χ1v) is 8.02. The molecule has 24 heavy (non-hydrogen) atoms. The van der Waals surface area contributed by atoms with Crippen LogP contribution in [0.5, 0.6) is 0 Å². The van der Waals surface area contributed by atoms with Crippen molar-refractivity contribution >= 4 is 35.0 Å². The molecule has 9 heteroatoms. The molecular weight excluding hydrogens is 330 g/mol. The molecule has 1 heterocycles. The van der Waals surface area contributed by atoms with Crippen LogP contribution < -0.4 is 16.2 Å². The van der Waals surface area contributed by atoms with Gasteiger partial charge in [0.2, 0.25) is 11.8 Å². The molecule has 0 bridgehead atoms. The van der Waals surface area contributed by atoms with Crippen LogP contribution in [-0.2, 0) is 9.59 Å². The standard InChI is InChI=1S/C15H17N5O3S/c1-8-13(22)18-15(20-19-8)24-9(2)14(23)17-12-6-4-11(5-7-12)16-10(3)21/h4-7,9H,1-3H3,(H,16,21)(H,17,23)(H,18,20,22). The van der Waals surface area contributed by atoms with Gasteiger partial charge >= 0.3 is 0 Å². The topological polar surface area (TPSA) is 117 Å². The summed E-state index contributed by atoms with van der Waals surface area (Å²) in [5.41, 5.74) is 1.20. The van der Waals surface area contributed by atoms with E-state index in [4.69, 9.17) is 0 Å². The maximum atomic E-state index is 12.2. The summed E-state index contributed by atoms with van der Waals surface area (Å²) >= 11 is 1.11. The predicted octanol–water partition coefficient (Wildman–Crippen LogP) is 1.55. The number of anilines is 2. The van der Waals surface area contributed by atoms with Crippen LogP contribution >= 0.6 is 11.8 Å². The second kappa shape index (κ2) is 7.73. The molecule has 1 aromatic heterocycles. The summed E-state index contributed by atoms with van der Waals surface area (Å²) in [7, 11) is 0. The number of carbonyl (C=O) groups is 2. The Morgan fingerprint density at radius 1 is 1.12 bits per heavy atom. The average molecular weight is 347 g/mol. The van der Waals surface area contributed by atoms with Gasteiger partial charge < -0.3 is 10.6 Å². The smallest absolute Gasteiger partial charge is 0.273 e. The first kappa shape index (κ1) is 17.7. The van der Waals surface area contributed by atoms with Gasteiger partial charge in [-0.05, 0) is 38.1 Å². The molecule has 1 unspecified atom stereocenters. The van der Waals surface area contributed by atoms with E-state index in [9.17, 15) is 14.4 Å². The highest BCUT2D eigenvalue weighted by Crippen LogP contribution is 2.20. The fraction of sp³-hybridized carbons (Fsp3) is 0.267. The van der Waals surface area contributed by atoms with Crippen molar-refractivity contribution in [2.75, 3.05) is 10.6 Å². The number of amides is 2. The van der Waals surface area contributed by atoms with Gasteiger partial charge in [-0.25, -0.2) is 0 Å². The predicted molar refractivity (Wildman–Crippen MR) is 92.1 cm³/mol. The Morgan fingerprint density at radius 3 is 2.25 bits per heavy atom. The lowest BCUT2D eigenvalue weighted by molar-refractivity contribution is -0.115. The van der Waals surface area contributed by atoms with Gasteiger partial charge in [0.05, 0.1) is 5.25 Å². The average Bonchev–Trinajstić information content (AvgIpc) is 2.52. The van der Waals surface area contributed by atoms with Crippen LogP contribution in [0.4, 0.5) is 11.4 Å². The molecule has 0 aliphatic carbocycles. The van der Waals surface area contributed by atoms with Crippen LogP contribution in [0.15, 0.2) is 34.2 Å². The number of aryl methyl sites for hydroxylation is 1. The monoisotopic (exact) mass is 347 g/mol. The minimum absolute atomic E-state index is 0.162. The van der Waals surface area contributed by atoms with Gasteiger partial charge in [0.25, 0.3) is 5.56 Å². The number of benzene rings is 1. The maximum absolute atomic E-state index is 12.2. The van der Waals surface area contributed by atoms with Crippen molar-refractivity contribution in [1.82, 2.24) is 15.2 Å². The Balaban J connectivity index is 1.96. The molecule has 1 atom stereocenters. The minimum Gasteiger partial charge on any atom is -0.326 e. The van der Waals surface area contributed by atoms with Gasteiger partial charge in [0.15, 0.2) is 5.16 Å². The fourth-order valence-electron chi connectivity index (χ4n) is 1.74. The van der Waals surface area contributed by atoms with E-state index in [2.05, 4.69) is 25.8 Å². The Morgan fingerprint density at radius 2 is 1.71 bits per heavy atom. The highest BCUT2D eigenvalue weighted by atomic mass is 32.2. The number of aromatic nitrogens is 3. The summed E-state index contributed by atoms with van der Waals surface area (Å²) in [4.78, 5) is 37.2. The first-order chi connectivity index (χ1) is 11.3. The van der Waals surface area contributed by atoms with E-state index in [1.54, 1.807) is 38.1 Å². The van der Waals surface area contributed by atoms with Crippen LogP contribution in [0.2, 0.25) is 0 Å². The van der Waals surface area contributed by atoms with Crippen LogP contribution in [-0.4, -0.2) is 32.2 Å². The van der Waals surface area contributed by atoms with Crippen molar-refractivity contribution in [2.24, 2.45) is 0 Å². The van der Waals surface area contributed by atoms with Gasteiger partial charge in [-0.2, -0.15) is 0 Å². The molecule has 0 saturated heterocycles. The molecule has 1 aromatic carbocycles. The molecule has 3 N–H and O–H groups in total. The number of carbonyl (C=O) groups excluding carboxylic acids is 2. The summed E-state index contributed by atoms with van der Waals surface area (Å²) in [6.45, 7) is 4.68. The summed E-state index contributed by atoms with van der Waals surface area (Å²) in [6.07, 6.45) is 0. The Kier molecular flexibility index (Phi) is 5.69. The van der Waals surface area contributed by atoms with Gasteiger partial charge in [0, 0.05) is 18.3 Å². The third kappa shape index (κ3) is 4.92. The summed E-state index contributed by atoms with van der Waals surface area (Å²) in [5.74, 6) is -0.402. The molecule has 2 aromatic rings. The SMILES string of the molecule is CC(=O)Nc1ccc(NC(=O)C(C)Sc2nnc(C)c(=O)[nH]2)cc1. The molecule has 2 amide bonds. The highest BCUT2D eigenvalue weighted by Gasteiger charge is 2.16. The zero-order valence-electron chi connectivity index (χ0n) is 13.4. The van der Waals surface area contributed by atoms with E-state index in [0.29, 0.717) is 11.4 Å². The van der Waals surface area contributed by atoms with Crippen molar-refractivity contribution in [2.45, 2.75) is 31.2 Å². The van der Waals surface area contributed by atoms with Crippen LogP contribution in [0.3, 0.4) is 0 Å². The Labute approximate surface area is 142 Å². The third-order valence-electron chi connectivity index (χ3n) is 2.97. The maximum Gasteiger partial charge on any atom is 0.273 e. The lowest BCUT2D eigenvalue weighted by Gasteiger charge is -2.11. The highest BCUT2D eigenvalue weighted by molar-refractivity contribution is 8.00. The van der Waals surface area contributed by atoms with E-state index in [1.807, 2.05) is 0 Å². The molecular formula is C15H17N5O3S. The number of aromatic amines is 1. The van der Waals surface area contributed by atoms with Gasteiger partial charge in [-0.15, -0.1) is 10.2 Å². The van der Waals surface area contributed by atoms with E-state index >= 15 is 0 Å². The second-order valence-corrected chi connectivity index (χ2v) is 6.38. The summed E-state index contributed by atoms with van der Waals surface area (Å²) < 4.78 is 0.